The molecule has 0 amide bonds. The first-order valence-electron chi connectivity index (χ1n) is 7.60. The predicted octanol–water partition coefficient (Wildman–Crippen LogP) is 3.79. The van der Waals surface area contributed by atoms with Crippen LogP contribution in [0.15, 0.2) is 0 Å². The summed E-state index contributed by atoms with van der Waals surface area (Å²) >= 11 is 0. The second kappa shape index (κ2) is 8.10. The molecule has 0 bridgehead atoms. The van der Waals surface area contributed by atoms with Crippen LogP contribution in [0.25, 0.3) is 0 Å². The highest BCUT2D eigenvalue weighted by Gasteiger charge is 2.28. The van der Waals surface area contributed by atoms with Gasteiger partial charge in [0.05, 0.1) is 0 Å². The second-order valence-corrected chi connectivity index (χ2v) is 5.66. The summed E-state index contributed by atoms with van der Waals surface area (Å²) in [5, 5.41) is 10.0. The SMILES string of the molecule is CCCCC1CCCCCC1N(C)C(O)CC. The molecule has 3 unspecified atom stereocenters. The highest BCUT2D eigenvalue weighted by atomic mass is 16.3. The van der Waals surface area contributed by atoms with E-state index in [1.807, 2.05) is 0 Å². The van der Waals surface area contributed by atoms with Crippen LogP contribution in [0.4, 0.5) is 0 Å². The fourth-order valence-electron chi connectivity index (χ4n) is 3.21. The minimum atomic E-state index is -0.248. The molecule has 2 heteroatoms. The lowest BCUT2D eigenvalue weighted by atomic mass is 9.88. The lowest BCUT2D eigenvalue weighted by Gasteiger charge is -2.36. The summed E-state index contributed by atoms with van der Waals surface area (Å²) in [7, 11) is 2.11. The quantitative estimate of drug-likeness (QED) is 0.565. The summed E-state index contributed by atoms with van der Waals surface area (Å²) in [4.78, 5) is 2.24. The van der Waals surface area contributed by atoms with E-state index < -0.39 is 0 Å². The molecule has 0 aromatic heterocycles. The van der Waals surface area contributed by atoms with Crippen molar-refractivity contribution in [2.24, 2.45) is 5.92 Å². The van der Waals surface area contributed by atoms with E-state index in [0.29, 0.717) is 6.04 Å². The van der Waals surface area contributed by atoms with E-state index >= 15 is 0 Å². The lowest BCUT2D eigenvalue weighted by Crippen LogP contribution is -2.43. The topological polar surface area (TPSA) is 23.5 Å². The maximum Gasteiger partial charge on any atom is 0.107 e. The maximum absolute atomic E-state index is 10.0. The first-order valence-corrected chi connectivity index (χ1v) is 7.60. The Morgan fingerprint density at radius 1 is 1.18 bits per heavy atom. The first-order chi connectivity index (χ1) is 8.20. The van der Waals surface area contributed by atoms with Gasteiger partial charge in [0.2, 0.25) is 0 Å². The molecule has 0 aromatic carbocycles. The highest BCUT2D eigenvalue weighted by Crippen LogP contribution is 2.31. The van der Waals surface area contributed by atoms with Crippen LogP contribution in [0.5, 0.6) is 0 Å². The van der Waals surface area contributed by atoms with E-state index in [0.717, 1.165) is 12.3 Å². The lowest BCUT2D eigenvalue weighted by molar-refractivity contribution is -0.0279. The van der Waals surface area contributed by atoms with Crippen molar-refractivity contribution in [1.29, 1.82) is 0 Å². The van der Waals surface area contributed by atoms with E-state index in [-0.39, 0.29) is 6.23 Å². The third-order valence-corrected chi connectivity index (χ3v) is 4.41. The van der Waals surface area contributed by atoms with Crippen molar-refractivity contribution in [3.05, 3.63) is 0 Å². The minimum absolute atomic E-state index is 0.248. The van der Waals surface area contributed by atoms with Crippen molar-refractivity contribution in [3.8, 4) is 0 Å². The molecular weight excluding hydrogens is 210 g/mol. The molecule has 1 fully saturated rings. The molecule has 0 saturated heterocycles. The van der Waals surface area contributed by atoms with Gasteiger partial charge in [0.25, 0.3) is 0 Å². The third kappa shape index (κ3) is 4.59. The highest BCUT2D eigenvalue weighted by molar-refractivity contribution is 4.81. The van der Waals surface area contributed by atoms with Gasteiger partial charge < -0.3 is 5.11 Å². The molecule has 0 aromatic rings. The van der Waals surface area contributed by atoms with Gasteiger partial charge in [0, 0.05) is 6.04 Å². The molecule has 0 heterocycles. The van der Waals surface area contributed by atoms with Gasteiger partial charge in [-0.1, -0.05) is 46.0 Å². The molecule has 1 saturated carbocycles. The number of hydrogen-bond acceptors (Lipinski definition) is 2. The van der Waals surface area contributed by atoms with Gasteiger partial charge in [-0.3, -0.25) is 4.90 Å². The van der Waals surface area contributed by atoms with Crippen LogP contribution in [0.3, 0.4) is 0 Å². The van der Waals surface area contributed by atoms with Crippen LogP contribution < -0.4 is 0 Å². The number of aliphatic hydroxyl groups is 1. The van der Waals surface area contributed by atoms with E-state index in [4.69, 9.17) is 0 Å². The second-order valence-electron chi connectivity index (χ2n) is 5.66. The molecule has 1 aliphatic carbocycles. The van der Waals surface area contributed by atoms with Gasteiger partial charge in [0.1, 0.15) is 6.23 Å². The van der Waals surface area contributed by atoms with Crippen molar-refractivity contribution >= 4 is 0 Å². The number of nitrogens with zero attached hydrogens (tertiary/aromatic N) is 1. The van der Waals surface area contributed by atoms with Crippen LogP contribution >= 0.6 is 0 Å². The normalized spacial score (nSPS) is 28.1. The molecule has 0 radical (unpaired) electrons. The maximum atomic E-state index is 10.0. The molecule has 1 aliphatic rings. The zero-order valence-corrected chi connectivity index (χ0v) is 12.0. The van der Waals surface area contributed by atoms with Gasteiger partial charge in [-0.05, 0) is 38.6 Å². The van der Waals surface area contributed by atoms with Gasteiger partial charge in [-0.25, -0.2) is 0 Å². The van der Waals surface area contributed by atoms with Crippen molar-refractivity contribution in [1.82, 2.24) is 4.90 Å². The largest absolute Gasteiger partial charge is 0.378 e. The average molecular weight is 241 g/mol. The van der Waals surface area contributed by atoms with Crippen LogP contribution in [-0.4, -0.2) is 29.3 Å². The van der Waals surface area contributed by atoms with Gasteiger partial charge in [0.15, 0.2) is 0 Å². The van der Waals surface area contributed by atoms with E-state index in [9.17, 15) is 5.11 Å². The van der Waals surface area contributed by atoms with Crippen molar-refractivity contribution in [2.45, 2.75) is 83.9 Å². The molecule has 0 spiro atoms. The monoisotopic (exact) mass is 241 g/mol. The first kappa shape index (κ1) is 15.0. The molecule has 3 atom stereocenters. The zero-order valence-electron chi connectivity index (χ0n) is 12.0. The Morgan fingerprint density at radius 3 is 2.53 bits per heavy atom. The molecule has 2 nitrogen and oxygen atoms in total. The van der Waals surface area contributed by atoms with Crippen LogP contribution in [0.1, 0.15) is 71.6 Å². The Morgan fingerprint density at radius 2 is 1.88 bits per heavy atom. The summed E-state index contributed by atoms with van der Waals surface area (Å²) in [6, 6.07) is 0.610. The van der Waals surface area contributed by atoms with Gasteiger partial charge >= 0.3 is 0 Å². The number of hydrogen-bond donors (Lipinski definition) is 1. The smallest absolute Gasteiger partial charge is 0.107 e. The molecule has 102 valence electrons. The summed E-state index contributed by atoms with van der Waals surface area (Å²) in [6.45, 7) is 4.34. The standard InChI is InChI=1S/C15H31NO/c1-4-6-10-13-11-8-7-9-12-14(13)16(3)15(17)5-2/h13-15,17H,4-12H2,1-3H3. The summed E-state index contributed by atoms with van der Waals surface area (Å²) in [5.74, 6) is 0.809. The van der Waals surface area contributed by atoms with Gasteiger partial charge in [-0.15, -0.1) is 0 Å². The van der Waals surface area contributed by atoms with Crippen molar-refractivity contribution in [2.75, 3.05) is 7.05 Å². The fraction of sp³-hybridized carbons (Fsp3) is 1.00. The van der Waals surface area contributed by atoms with Gasteiger partial charge in [-0.2, -0.15) is 0 Å². The van der Waals surface area contributed by atoms with Crippen LogP contribution in [-0.2, 0) is 0 Å². The fourth-order valence-corrected chi connectivity index (χ4v) is 3.21. The Balaban J connectivity index is 2.60. The molecule has 1 rings (SSSR count). The number of aliphatic hydroxyl groups excluding tert-OH is 1. The van der Waals surface area contributed by atoms with Crippen LogP contribution in [0, 0.1) is 5.92 Å². The molecular formula is C15H31NO. The zero-order chi connectivity index (χ0) is 12.7. The van der Waals surface area contributed by atoms with E-state index in [1.54, 1.807) is 0 Å². The molecule has 0 aliphatic heterocycles. The van der Waals surface area contributed by atoms with E-state index in [1.165, 1.54) is 51.4 Å². The van der Waals surface area contributed by atoms with Crippen LogP contribution in [0.2, 0.25) is 0 Å². The summed E-state index contributed by atoms with van der Waals surface area (Å²) in [5.41, 5.74) is 0. The Bertz CT molecular complexity index is 195. The number of unbranched alkanes of at least 4 members (excludes halogenated alkanes) is 1. The third-order valence-electron chi connectivity index (χ3n) is 4.41. The summed E-state index contributed by atoms with van der Waals surface area (Å²) < 4.78 is 0. The average Bonchev–Trinajstić information content (AvgIpc) is 2.59. The molecule has 1 N–H and O–H groups in total. The predicted molar refractivity (Wildman–Crippen MR) is 73.9 cm³/mol. The Kier molecular flexibility index (Phi) is 7.14. The molecule has 17 heavy (non-hydrogen) atoms. The van der Waals surface area contributed by atoms with E-state index in [2.05, 4.69) is 25.8 Å². The summed E-state index contributed by atoms with van der Waals surface area (Å²) in [6.07, 6.45) is 11.3. The minimum Gasteiger partial charge on any atom is -0.378 e. The van der Waals surface area contributed by atoms with Crippen molar-refractivity contribution in [3.63, 3.8) is 0 Å². The van der Waals surface area contributed by atoms with Crippen molar-refractivity contribution < 1.29 is 5.11 Å². The Labute approximate surface area is 107 Å². The Hall–Kier alpha value is -0.0800. The number of rotatable bonds is 6.